The molecule has 0 radical (unpaired) electrons. The summed E-state index contributed by atoms with van der Waals surface area (Å²) in [6, 6.07) is 0. The number of rotatable bonds is 5. The van der Waals surface area contributed by atoms with Gasteiger partial charge in [0.25, 0.3) is 0 Å². The van der Waals surface area contributed by atoms with Crippen LogP contribution in [-0.4, -0.2) is 46.3 Å². The summed E-state index contributed by atoms with van der Waals surface area (Å²) in [5.74, 6) is -0.919. The van der Waals surface area contributed by atoms with Crippen LogP contribution < -0.4 is 0 Å². The van der Waals surface area contributed by atoms with Crippen molar-refractivity contribution >= 4 is 5.97 Å². The van der Waals surface area contributed by atoms with Gasteiger partial charge >= 0.3 is 5.97 Å². The van der Waals surface area contributed by atoms with Gasteiger partial charge in [-0.05, 0) is 13.0 Å². The highest BCUT2D eigenvalue weighted by molar-refractivity contribution is 5.68. The molecule has 0 saturated carbocycles. The lowest BCUT2D eigenvalue weighted by molar-refractivity contribution is -0.153. The molecule has 1 heterocycles. The Balaban J connectivity index is 2.18. The lowest BCUT2D eigenvalue weighted by Crippen LogP contribution is -2.62. The van der Waals surface area contributed by atoms with Gasteiger partial charge in [0.2, 0.25) is 0 Å². The monoisotopic (exact) mass is 187 g/mol. The van der Waals surface area contributed by atoms with E-state index in [0.717, 1.165) is 19.4 Å². The van der Waals surface area contributed by atoms with Gasteiger partial charge in [0.15, 0.2) is 0 Å². The average molecular weight is 187 g/mol. The Hall–Kier alpha value is -0.610. The lowest BCUT2D eigenvalue weighted by Gasteiger charge is -2.45. The van der Waals surface area contributed by atoms with Crippen LogP contribution in [0.25, 0.3) is 0 Å². The average Bonchev–Trinajstić information content (AvgIpc) is 1.95. The maximum atomic E-state index is 10.3. The molecule has 0 atom stereocenters. The topological polar surface area (TPSA) is 60.8 Å². The van der Waals surface area contributed by atoms with Crippen LogP contribution in [0, 0.1) is 0 Å². The van der Waals surface area contributed by atoms with E-state index in [9.17, 15) is 9.90 Å². The molecule has 1 saturated heterocycles. The molecule has 0 amide bonds. The quantitative estimate of drug-likeness (QED) is 0.650. The van der Waals surface area contributed by atoms with Crippen molar-refractivity contribution in [2.45, 2.75) is 31.8 Å². The van der Waals surface area contributed by atoms with Gasteiger partial charge in [-0.1, -0.05) is 13.3 Å². The molecule has 4 heteroatoms. The van der Waals surface area contributed by atoms with Crippen molar-refractivity contribution in [3.63, 3.8) is 0 Å². The predicted octanol–water partition coefficient (Wildman–Crippen LogP) is 0.308. The number of likely N-dealkylation sites (tertiary alicyclic amines) is 1. The maximum Gasteiger partial charge on any atom is 0.306 e. The summed E-state index contributed by atoms with van der Waals surface area (Å²) in [7, 11) is 0. The van der Waals surface area contributed by atoms with Crippen molar-refractivity contribution in [3.05, 3.63) is 0 Å². The number of unbranched alkanes of at least 4 members (excludes halogenated alkanes) is 1. The third kappa shape index (κ3) is 2.97. The second-order valence-electron chi connectivity index (χ2n) is 3.86. The van der Waals surface area contributed by atoms with Crippen molar-refractivity contribution in [1.82, 2.24) is 4.90 Å². The van der Waals surface area contributed by atoms with Gasteiger partial charge in [0.1, 0.15) is 5.60 Å². The number of hydrogen-bond donors (Lipinski definition) is 2. The summed E-state index contributed by atoms with van der Waals surface area (Å²) < 4.78 is 0. The Labute approximate surface area is 78.2 Å². The molecule has 4 nitrogen and oxygen atoms in total. The van der Waals surface area contributed by atoms with E-state index in [4.69, 9.17) is 5.11 Å². The molecule has 0 bridgehead atoms. The number of aliphatic hydroxyl groups is 1. The molecule has 0 unspecified atom stereocenters. The van der Waals surface area contributed by atoms with Crippen LogP contribution in [0.2, 0.25) is 0 Å². The highest BCUT2D eigenvalue weighted by atomic mass is 16.4. The number of carbonyl (C=O) groups is 1. The molecule has 0 aromatic heterocycles. The van der Waals surface area contributed by atoms with E-state index >= 15 is 0 Å². The molecule has 13 heavy (non-hydrogen) atoms. The molecule has 76 valence electrons. The van der Waals surface area contributed by atoms with Crippen LogP contribution in [0.4, 0.5) is 0 Å². The van der Waals surface area contributed by atoms with Crippen molar-refractivity contribution in [3.8, 4) is 0 Å². The zero-order valence-corrected chi connectivity index (χ0v) is 7.99. The maximum absolute atomic E-state index is 10.3. The summed E-state index contributed by atoms with van der Waals surface area (Å²) in [6.45, 7) is 4.11. The minimum atomic E-state index is -0.959. The predicted molar refractivity (Wildman–Crippen MR) is 48.6 cm³/mol. The Morgan fingerprint density at radius 2 is 2.15 bits per heavy atom. The first kappa shape index (κ1) is 10.5. The molecule has 0 spiro atoms. The fraction of sp³-hybridized carbons (Fsp3) is 0.889. The Kier molecular flexibility index (Phi) is 3.27. The molecule has 0 aromatic rings. The molecular formula is C9H17NO3. The van der Waals surface area contributed by atoms with E-state index in [1.807, 2.05) is 0 Å². The first-order valence-corrected chi connectivity index (χ1v) is 4.72. The third-order valence-corrected chi connectivity index (χ3v) is 2.34. The van der Waals surface area contributed by atoms with Crippen molar-refractivity contribution in [2.75, 3.05) is 19.6 Å². The van der Waals surface area contributed by atoms with E-state index in [1.165, 1.54) is 0 Å². The highest BCUT2D eigenvalue weighted by Gasteiger charge is 2.42. The second kappa shape index (κ2) is 4.07. The van der Waals surface area contributed by atoms with Gasteiger partial charge in [-0.3, -0.25) is 9.69 Å². The van der Waals surface area contributed by atoms with Gasteiger partial charge in [-0.2, -0.15) is 0 Å². The van der Waals surface area contributed by atoms with Crippen LogP contribution in [0.5, 0.6) is 0 Å². The minimum absolute atomic E-state index is 0.129. The number of carboxylic acids is 1. The normalized spacial score (nSPS) is 21.1. The van der Waals surface area contributed by atoms with Gasteiger partial charge in [-0.25, -0.2) is 0 Å². The van der Waals surface area contributed by atoms with Crippen LogP contribution in [0.1, 0.15) is 26.2 Å². The fourth-order valence-corrected chi connectivity index (χ4v) is 1.72. The Bertz CT molecular complexity index is 187. The minimum Gasteiger partial charge on any atom is -0.481 e. The number of nitrogens with zero attached hydrogens (tertiary/aromatic N) is 1. The van der Waals surface area contributed by atoms with E-state index in [2.05, 4.69) is 11.8 Å². The second-order valence-corrected chi connectivity index (χ2v) is 3.86. The molecule has 1 rings (SSSR count). The molecule has 1 aliphatic rings. The van der Waals surface area contributed by atoms with Gasteiger partial charge in [0, 0.05) is 13.1 Å². The van der Waals surface area contributed by atoms with E-state index in [-0.39, 0.29) is 6.42 Å². The van der Waals surface area contributed by atoms with E-state index in [1.54, 1.807) is 0 Å². The highest BCUT2D eigenvalue weighted by Crippen LogP contribution is 2.24. The zero-order chi connectivity index (χ0) is 9.90. The smallest absolute Gasteiger partial charge is 0.306 e. The lowest BCUT2D eigenvalue weighted by atomic mass is 9.90. The van der Waals surface area contributed by atoms with Crippen LogP contribution in [0.15, 0.2) is 0 Å². The van der Waals surface area contributed by atoms with Crippen LogP contribution in [-0.2, 0) is 4.79 Å². The first-order valence-electron chi connectivity index (χ1n) is 4.72. The zero-order valence-electron chi connectivity index (χ0n) is 7.99. The SMILES string of the molecule is CCCCN1CC(O)(CC(=O)O)C1. The fourth-order valence-electron chi connectivity index (χ4n) is 1.72. The molecular weight excluding hydrogens is 170 g/mol. The first-order chi connectivity index (χ1) is 6.06. The van der Waals surface area contributed by atoms with E-state index < -0.39 is 11.6 Å². The molecule has 1 aliphatic heterocycles. The molecule has 1 fully saturated rings. The van der Waals surface area contributed by atoms with E-state index in [0.29, 0.717) is 13.1 Å². The van der Waals surface area contributed by atoms with Crippen molar-refractivity contribution < 1.29 is 15.0 Å². The van der Waals surface area contributed by atoms with Gasteiger partial charge in [-0.15, -0.1) is 0 Å². The summed E-state index contributed by atoms with van der Waals surface area (Å²) >= 11 is 0. The third-order valence-electron chi connectivity index (χ3n) is 2.34. The Morgan fingerprint density at radius 3 is 2.62 bits per heavy atom. The standard InChI is InChI=1S/C9H17NO3/c1-2-3-4-10-6-9(13,7-10)5-8(11)12/h13H,2-7H2,1H3,(H,11,12). The number of β-amino-alcohol motifs (C(OH)–C–C–N with tert-alkyl or cyclic N) is 1. The largest absolute Gasteiger partial charge is 0.481 e. The summed E-state index contributed by atoms with van der Waals surface area (Å²) in [5.41, 5.74) is -0.959. The summed E-state index contributed by atoms with van der Waals surface area (Å²) in [6.07, 6.45) is 2.12. The van der Waals surface area contributed by atoms with Crippen molar-refractivity contribution in [2.24, 2.45) is 0 Å². The van der Waals surface area contributed by atoms with Crippen LogP contribution in [0.3, 0.4) is 0 Å². The van der Waals surface area contributed by atoms with Gasteiger partial charge in [0.05, 0.1) is 6.42 Å². The number of aliphatic carboxylic acids is 1. The summed E-state index contributed by atoms with van der Waals surface area (Å²) in [4.78, 5) is 12.4. The number of hydrogen-bond acceptors (Lipinski definition) is 3. The molecule has 2 N–H and O–H groups in total. The number of carboxylic acid groups (broad SMARTS) is 1. The molecule has 0 aromatic carbocycles. The Morgan fingerprint density at radius 1 is 1.54 bits per heavy atom. The van der Waals surface area contributed by atoms with Gasteiger partial charge < -0.3 is 10.2 Å². The van der Waals surface area contributed by atoms with Crippen molar-refractivity contribution in [1.29, 1.82) is 0 Å². The molecule has 0 aliphatic carbocycles. The van der Waals surface area contributed by atoms with Crippen LogP contribution >= 0.6 is 0 Å². The summed E-state index contributed by atoms with van der Waals surface area (Å²) in [5, 5.41) is 18.1.